The van der Waals surface area contributed by atoms with Crippen molar-refractivity contribution < 1.29 is 4.79 Å². The maximum atomic E-state index is 12.6. The maximum absolute atomic E-state index is 12.6. The van der Waals surface area contributed by atoms with Crippen molar-refractivity contribution in [3.8, 4) is 0 Å². The predicted octanol–water partition coefficient (Wildman–Crippen LogP) is 4.12. The third-order valence-corrected chi connectivity index (χ3v) is 5.15. The molecule has 2 aromatic carbocycles. The fraction of sp³-hybridized carbons (Fsp3) is 0.167. The Morgan fingerprint density at radius 1 is 1.19 bits per heavy atom. The van der Waals surface area contributed by atoms with E-state index in [1.54, 1.807) is 37.4 Å². The zero-order valence-electron chi connectivity index (χ0n) is 13.7. The van der Waals surface area contributed by atoms with Crippen LogP contribution in [-0.4, -0.2) is 27.4 Å². The molecule has 1 heterocycles. The molecule has 3 aromatic rings. The van der Waals surface area contributed by atoms with Gasteiger partial charge in [0, 0.05) is 18.1 Å². The summed E-state index contributed by atoms with van der Waals surface area (Å²) in [6, 6.07) is 10.5. The average molecular weight is 455 g/mol. The van der Waals surface area contributed by atoms with E-state index in [9.17, 15) is 9.59 Å². The molecular weight excluding hydrogens is 441 g/mol. The number of aromatic nitrogens is 2. The molecule has 0 bridgehead atoms. The molecule has 0 aliphatic carbocycles. The molecule has 0 aliphatic heterocycles. The Morgan fingerprint density at radius 3 is 2.69 bits per heavy atom. The summed E-state index contributed by atoms with van der Waals surface area (Å²) in [6.45, 7) is 0.267. The number of carbonyl (C=O) groups is 1. The lowest BCUT2D eigenvalue weighted by Crippen LogP contribution is -2.33. The number of likely N-dealkylation sites (N-methyl/N-ethyl adjacent to an activating group) is 1. The molecule has 0 radical (unpaired) electrons. The van der Waals surface area contributed by atoms with E-state index in [0.717, 1.165) is 10.0 Å². The van der Waals surface area contributed by atoms with Gasteiger partial charge in [0.2, 0.25) is 5.91 Å². The topological polar surface area (TPSA) is 55.2 Å². The number of carbonyl (C=O) groups excluding carboxylic acids is 1. The zero-order chi connectivity index (χ0) is 18.8. The van der Waals surface area contributed by atoms with E-state index in [1.165, 1.54) is 15.8 Å². The summed E-state index contributed by atoms with van der Waals surface area (Å²) in [5.74, 6) is -0.214. The second kappa shape index (κ2) is 7.78. The van der Waals surface area contributed by atoms with Gasteiger partial charge >= 0.3 is 0 Å². The summed E-state index contributed by atoms with van der Waals surface area (Å²) in [5.41, 5.74) is 1.18. The van der Waals surface area contributed by atoms with E-state index in [2.05, 4.69) is 20.9 Å². The number of fused-ring (bicyclic) bond motifs is 1. The van der Waals surface area contributed by atoms with Crippen molar-refractivity contribution in [3.05, 3.63) is 73.2 Å². The van der Waals surface area contributed by atoms with E-state index in [-0.39, 0.29) is 18.0 Å². The van der Waals surface area contributed by atoms with E-state index >= 15 is 0 Å². The molecule has 3 rings (SSSR count). The van der Waals surface area contributed by atoms with Gasteiger partial charge in [-0.15, -0.1) is 0 Å². The van der Waals surface area contributed by atoms with Crippen LogP contribution in [0.1, 0.15) is 5.56 Å². The second-order valence-corrected chi connectivity index (χ2v) is 7.57. The molecule has 0 aliphatic rings. The normalized spacial score (nSPS) is 10.9. The molecular formula is C18H14BrCl2N3O2. The first-order chi connectivity index (χ1) is 12.3. The Balaban J connectivity index is 1.78. The number of nitrogens with zero attached hydrogens (tertiary/aromatic N) is 3. The van der Waals surface area contributed by atoms with Crippen molar-refractivity contribution in [2.45, 2.75) is 13.1 Å². The minimum absolute atomic E-state index is 0.0912. The Hall–Kier alpha value is -1.89. The molecule has 1 amide bonds. The first-order valence-corrected chi connectivity index (χ1v) is 9.22. The number of halogens is 3. The lowest BCUT2D eigenvalue weighted by Gasteiger charge is -2.18. The minimum atomic E-state index is -0.257. The fourth-order valence-corrected chi connectivity index (χ4v) is 3.19. The molecule has 0 N–H and O–H groups in total. The van der Waals surface area contributed by atoms with Gasteiger partial charge < -0.3 is 4.90 Å². The monoisotopic (exact) mass is 453 g/mol. The molecule has 0 unspecified atom stereocenters. The lowest BCUT2D eigenvalue weighted by atomic mass is 10.2. The average Bonchev–Trinajstić information content (AvgIpc) is 2.61. The summed E-state index contributed by atoms with van der Waals surface area (Å²) < 4.78 is 2.09. The molecule has 0 saturated carbocycles. The van der Waals surface area contributed by atoms with Crippen molar-refractivity contribution >= 4 is 55.9 Å². The van der Waals surface area contributed by atoms with Gasteiger partial charge in [0.05, 0.1) is 27.3 Å². The van der Waals surface area contributed by atoms with E-state index in [4.69, 9.17) is 23.2 Å². The summed E-state index contributed by atoms with van der Waals surface area (Å²) in [5, 5.41) is 1.36. The standard InChI is InChI=1S/C18H14BrCl2N3O2/c1-23(8-11-2-4-14(20)15(21)6-11)17(25)9-24-10-22-16-5-3-12(19)7-13(16)18(24)26/h2-7,10H,8-9H2,1H3. The molecule has 0 saturated heterocycles. The minimum Gasteiger partial charge on any atom is -0.340 e. The van der Waals surface area contributed by atoms with Crippen LogP contribution >= 0.6 is 39.1 Å². The van der Waals surface area contributed by atoms with Crippen molar-refractivity contribution in [1.82, 2.24) is 14.5 Å². The Morgan fingerprint density at radius 2 is 1.96 bits per heavy atom. The van der Waals surface area contributed by atoms with Gasteiger partial charge in [0.1, 0.15) is 6.54 Å². The van der Waals surface area contributed by atoms with Crippen molar-refractivity contribution in [1.29, 1.82) is 0 Å². The fourth-order valence-electron chi connectivity index (χ4n) is 2.51. The van der Waals surface area contributed by atoms with Gasteiger partial charge in [0.25, 0.3) is 5.56 Å². The van der Waals surface area contributed by atoms with Crippen molar-refractivity contribution in [3.63, 3.8) is 0 Å². The van der Waals surface area contributed by atoms with Gasteiger partial charge in [-0.25, -0.2) is 4.98 Å². The third kappa shape index (κ3) is 4.09. The van der Waals surface area contributed by atoms with Crippen LogP contribution in [0.5, 0.6) is 0 Å². The Labute approximate surface area is 168 Å². The first kappa shape index (κ1) is 18.9. The summed E-state index contributed by atoms with van der Waals surface area (Å²) in [4.78, 5) is 30.8. The lowest BCUT2D eigenvalue weighted by molar-refractivity contribution is -0.131. The smallest absolute Gasteiger partial charge is 0.261 e. The molecule has 134 valence electrons. The van der Waals surface area contributed by atoms with Crippen molar-refractivity contribution in [2.75, 3.05) is 7.05 Å². The van der Waals surface area contributed by atoms with Gasteiger partial charge in [-0.1, -0.05) is 45.2 Å². The second-order valence-electron chi connectivity index (χ2n) is 5.84. The van der Waals surface area contributed by atoms with Crippen molar-refractivity contribution in [2.24, 2.45) is 0 Å². The molecule has 26 heavy (non-hydrogen) atoms. The van der Waals surface area contributed by atoms with Crippen LogP contribution in [0, 0.1) is 0 Å². The highest BCUT2D eigenvalue weighted by Crippen LogP contribution is 2.23. The van der Waals surface area contributed by atoms with Crippen LogP contribution < -0.4 is 5.56 Å². The summed E-state index contributed by atoms with van der Waals surface area (Å²) in [7, 11) is 1.67. The van der Waals surface area contributed by atoms with Crippen LogP contribution in [0.4, 0.5) is 0 Å². The van der Waals surface area contributed by atoms with Gasteiger partial charge in [-0.3, -0.25) is 14.2 Å². The molecule has 0 spiro atoms. The SMILES string of the molecule is CN(Cc1ccc(Cl)c(Cl)c1)C(=O)Cn1cnc2ccc(Br)cc2c1=O. The van der Waals surface area contributed by atoms with Crippen LogP contribution in [0.15, 0.2) is 52.0 Å². The largest absolute Gasteiger partial charge is 0.340 e. The highest BCUT2D eigenvalue weighted by molar-refractivity contribution is 9.10. The van der Waals surface area contributed by atoms with E-state index < -0.39 is 0 Å². The predicted molar refractivity (Wildman–Crippen MR) is 107 cm³/mol. The molecule has 1 aromatic heterocycles. The van der Waals surface area contributed by atoms with Gasteiger partial charge in [-0.2, -0.15) is 0 Å². The van der Waals surface area contributed by atoms with Crippen LogP contribution in [0.25, 0.3) is 10.9 Å². The number of hydrogen-bond donors (Lipinski definition) is 0. The summed E-state index contributed by atoms with van der Waals surface area (Å²) in [6.07, 6.45) is 1.39. The zero-order valence-corrected chi connectivity index (χ0v) is 16.8. The van der Waals surface area contributed by atoms with Gasteiger partial charge in [0.15, 0.2) is 0 Å². The highest BCUT2D eigenvalue weighted by Gasteiger charge is 2.13. The maximum Gasteiger partial charge on any atom is 0.261 e. The highest BCUT2D eigenvalue weighted by atomic mass is 79.9. The Kier molecular flexibility index (Phi) is 5.65. The van der Waals surface area contributed by atoms with Gasteiger partial charge in [-0.05, 0) is 35.9 Å². The molecule has 8 heteroatoms. The number of hydrogen-bond acceptors (Lipinski definition) is 3. The van der Waals surface area contributed by atoms with Crippen LogP contribution in [0.2, 0.25) is 10.0 Å². The third-order valence-electron chi connectivity index (χ3n) is 3.92. The first-order valence-electron chi connectivity index (χ1n) is 7.68. The number of benzene rings is 2. The van der Waals surface area contributed by atoms with E-state index in [1.807, 2.05) is 6.07 Å². The quantitative estimate of drug-likeness (QED) is 0.595. The van der Waals surface area contributed by atoms with Crippen LogP contribution in [0.3, 0.4) is 0 Å². The van der Waals surface area contributed by atoms with E-state index in [0.29, 0.717) is 27.5 Å². The molecule has 5 nitrogen and oxygen atoms in total. The van der Waals surface area contributed by atoms with Crippen LogP contribution in [-0.2, 0) is 17.9 Å². The number of amides is 1. The Bertz CT molecular complexity index is 1050. The molecule has 0 atom stereocenters. The molecule has 0 fully saturated rings. The number of rotatable bonds is 4. The summed E-state index contributed by atoms with van der Waals surface area (Å²) >= 11 is 15.2.